The monoisotopic (exact) mass is 477 g/mol. The Balaban J connectivity index is 1.13. The summed E-state index contributed by atoms with van der Waals surface area (Å²) in [5.41, 5.74) is 1.06. The second-order valence-corrected chi connectivity index (χ2v) is 9.37. The molecule has 0 aliphatic carbocycles. The van der Waals surface area contributed by atoms with Crippen LogP contribution in [0.15, 0.2) is 72.1 Å². The normalized spacial score (nSPS) is 18.8. The lowest BCUT2D eigenvalue weighted by atomic mass is 10.1. The predicted octanol–water partition coefficient (Wildman–Crippen LogP) is 2.94. The van der Waals surface area contributed by atoms with Crippen LogP contribution < -0.4 is 14.8 Å². The standard InChI is InChI=1S/C26H27N3O4S/c30-24(27-25(23-11-6-16-34-23)19-7-2-1-3-8-19)17-28-12-14-29(15-13-28)26(31)22-18-32-20-9-4-5-10-21(20)33-22/h1-11,16,22,25H,12-15,17-18H2,(H,27,30)/t22-,25-/m1/s1. The van der Waals surface area contributed by atoms with E-state index in [9.17, 15) is 9.59 Å². The molecule has 0 saturated carbocycles. The van der Waals surface area contributed by atoms with Crippen molar-refractivity contribution < 1.29 is 19.1 Å². The molecule has 2 aliphatic rings. The van der Waals surface area contributed by atoms with Crippen LogP contribution in [0.4, 0.5) is 0 Å². The number of carbonyl (C=O) groups excluding carboxylic acids is 2. The molecular weight excluding hydrogens is 450 g/mol. The number of thiophene rings is 1. The molecule has 2 aliphatic heterocycles. The van der Waals surface area contributed by atoms with Crippen LogP contribution in [0.1, 0.15) is 16.5 Å². The molecule has 7 nitrogen and oxygen atoms in total. The summed E-state index contributed by atoms with van der Waals surface area (Å²) in [7, 11) is 0. The summed E-state index contributed by atoms with van der Waals surface area (Å²) in [6.07, 6.45) is -0.637. The first kappa shape index (κ1) is 22.4. The summed E-state index contributed by atoms with van der Waals surface area (Å²) in [6, 6.07) is 21.3. The van der Waals surface area contributed by atoms with Crippen LogP contribution in [-0.4, -0.2) is 67.0 Å². The number of rotatable bonds is 6. The number of nitrogens with zero attached hydrogens (tertiary/aromatic N) is 2. The van der Waals surface area contributed by atoms with E-state index in [1.165, 1.54) is 0 Å². The van der Waals surface area contributed by atoms with Gasteiger partial charge in [0.05, 0.1) is 12.6 Å². The number of hydrogen-bond acceptors (Lipinski definition) is 6. The summed E-state index contributed by atoms with van der Waals surface area (Å²) in [6.45, 7) is 2.90. The van der Waals surface area contributed by atoms with Crippen LogP contribution in [-0.2, 0) is 9.59 Å². The molecule has 1 saturated heterocycles. The van der Waals surface area contributed by atoms with Crippen LogP contribution in [0.2, 0.25) is 0 Å². The minimum Gasteiger partial charge on any atom is -0.485 e. The highest BCUT2D eigenvalue weighted by Gasteiger charge is 2.33. The molecule has 2 aromatic carbocycles. The quantitative estimate of drug-likeness (QED) is 0.591. The molecule has 1 N–H and O–H groups in total. The highest BCUT2D eigenvalue weighted by Crippen LogP contribution is 2.31. The number of fused-ring (bicyclic) bond motifs is 1. The third kappa shape index (κ3) is 5.08. The Morgan fingerprint density at radius 1 is 0.941 bits per heavy atom. The second-order valence-electron chi connectivity index (χ2n) is 8.39. The Morgan fingerprint density at radius 3 is 2.41 bits per heavy atom. The molecule has 3 aromatic rings. The first-order valence-electron chi connectivity index (χ1n) is 11.4. The molecule has 3 heterocycles. The van der Waals surface area contributed by atoms with E-state index in [1.54, 1.807) is 16.2 Å². The molecule has 2 amide bonds. The summed E-state index contributed by atoms with van der Waals surface area (Å²) >= 11 is 1.63. The van der Waals surface area contributed by atoms with E-state index in [4.69, 9.17) is 9.47 Å². The lowest BCUT2D eigenvalue weighted by Gasteiger charge is -2.37. The Morgan fingerprint density at radius 2 is 1.68 bits per heavy atom. The van der Waals surface area contributed by atoms with Crippen molar-refractivity contribution in [3.05, 3.63) is 82.6 Å². The third-order valence-electron chi connectivity index (χ3n) is 6.10. The van der Waals surface area contributed by atoms with E-state index >= 15 is 0 Å². The van der Waals surface area contributed by atoms with Gasteiger partial charge in [0.15, 0.2) is 11.5 Å². The molecule has 0 unspecified atom stereocenters. The Kier molecular flexibility index (Phi) is 6.78. The minimum atomic E-state index is -0.637. The van der Waals surface area contributed by atoms with E-state index in [1.807, 2.05) is 72.1 Å². The van der Waals surface area contributed by atoms with E-state index in [-0.39, 0.29) is 24.5 Å². The van der Waals surface area contributed by atoms with Crippen LogP contribution >= 0.6 is 11.3 Å². The lowest BCUT2D eigenvalue weighted by Crippen LogP contribution is -2.55. The average Bonchev–Trinajstić information content (AvgIpc) is 3.42. The number of benzene rings is 2. The first-order chi connectivity index (χ1) is 16.7. The fraction of sp³-hybridized carbons (Fsp3) is 0.308. The van der Waals surface area contributed by atoms with Crippen LogP contribution in [0.25, 0.3) is 0 Å². The van der Waals surface area contributed by atoms with Gasteiger partial charge in [-0.25, -0.2) is 0 Å². The number of nitrogens with one attached hydrogen (secondary N) is 1. The minimum absolute atomic E-state index is 0.0253. The summed E-state index contributed by atoms with van der Waals surface area (Å²) in [4.78, 5) is 30.8. The second kappa shape index (κ2) is 10.3. The predicted molar refractivity (Wildman–Crippen MR) is 130 cm³/mol. The molecule has 1 fully saturated rings. The van der Waals surface area contributed by atoms with Gasteiger partial charge >= 0.3 is 0 Å². The maximum atomic E-state index is 12.9. The van der Waals surface area contributed by atoms with Gasteiger partial charge in [-0.3, -0.25) is 14.5 Å². The number of amides is 2. The van der Waals surface area contributed by atoms with Crippen molar-refractivity contribution in [1.82, 2.24) is 15.1 Å². The Bertz CT molecular complexity index is 1110. The lowest BCUT2D eigenvalue weighted by molar-refractivity contribution is -0.143. The van der Waals surface area contributed by atoms with E-state index in [0.717, 1.165) is 10.4 Å². The van der Waals surface area contributed by atoms with Crippen molar-refractivity contribution in [2.24, 2.45) is 0 Å². The molecule has 8 heteroatoms. The molecular formula is C26H27N3O4S. The summed E-state index contributed by atoms with van der Waals surface area (Å²) in [5, 5.41) is 5.21. The average molecular weight is 478 g/mol. The molecule has 0 radical (unpaired) electrons. The fourth-order valence-corrected chi connectivity index (χ4v) is 5.10. The first-order valence-corrected chi connectivity index (χ1v) is 12.3. The number of carbonyl (C=O) groups is 2. The molecule has 1 aromatic heterocycles. The van der Waals surface area contributed by atoms with Crippen molar-refractivity contribution in [1.29, 1.82) is 0 Å². The largest absolute Gasteiger partial charge is 0.485 e. The van der Waals surface area contributed by atoms with Crippen molar-refractivity contribution in [2.75, 3.05) is 39.3 Å². The zero-order chi connectivity index (χ0) is 23.3. The summed E-state index contributed by atoms with van der Waals surface area (Å²) < 4.78 is 11.6. The highest BCUT2D eigenvalue weighted by molar-refractivity contribution is 7.10. The van der Waals surface area contributed by atoms with Gasteiger partial charge in [-0.2, -0.15) is 0 Å². The van der Waals surface area contributed by atoms with Gasteiger partial charge in [0.1, 0.15) is 6.61 Å². The van der Waals surface area contributed by atoms with Crippen molar-refractivity contribution in [3.8, 4) is 11.5 Å². The van der Waals surface area contributed by atoms with Crippen molar-refractivity contribution >= 4 is 23.2 Å². The third-order valence-corrected chi connectivity index (χ3v) is 7.04. The van der Waals surface area contributed by atoms with Gasteiger partial charge < -0.3 is 19.7 Å². The molecule has 34 heavy (non-hydrogen) atoms. The highest BCUT2D eigenvalue weighted by atomic mass is 32.1. The maximum Gasteiger partial charge on any atom is 0.267 e. The van der Waals surface area contributed by atoms with Gasteiger partial charge in [-0.15, -0.1) is 11.3 Å². The van der Waals surface area contributed by atoms with Crippen LogP contribution in [0.3, 0.4) is 0 Å². The number of piperazine rings is 1. The molecule has 0 spiro atoms. The van der Waals surface area contributed by atoms with Crippen molar-refractivity contribution in [2.45, 2.75) is 12.1 Å². The van der Waals surface area contributed by atoms with Gasteiger partial charge in [0.2, 0.25) is 12.0 Å². The SMILES string of the molecule is O=C(CN1CCN(C(=O)[C@H]2COc3ccccc3O2)CC1)N[C@H](c1ccccc1)c1cccs1. The fourth-order valence-electron chi connectivity index (χ4n) is 4.30. The van der Waals surface area contributed by atoms with Crippen molar-refractivity contribution in [3.63, 3.8) is 0 Å². The zero-order valence-corrected chi connectivity index (χ0v) is 19.6. The molecule has 5 rings (SSSR count). The van der Waals surface area contributed by atoms with Gasteiger partial charge in [0.25, 0.3) is 5.91 Å². The molecule has 176 valence electrons. The smallest absolute Gasteiger partial charge is 0.267 e. The maximum absolute atomic E-state index is 12.9. The Labute approximate surface area is 202 Å². The van der Waals surface area contributed by atoms with Gasteiger partial charge in [0, 0.05) is 31.1 Å². The zero-order valence-electron chi connectivity index (χ0n) is 18.8. The van der Waals surface area contributed by atoms with Crippen LogP contribution in [0.5, 0.6) is 11.5 Å². The van der Waals surface area contributed by atoms with Gasteiger partial charge in [-0.05, 0) is 29.1 Å². The molecule has 0 bridgehead atoms. The van der Waals surface area contributed by atoms with Crippen LogP contribution in [0, 0.1) is 0 Å². The van der Waals surface area contributed by atoms with E-state index in [0.29, 0.717) is 44.2 Å². The Hall–Kier alpha value is -3.36. The van der Waals surface area contributed by atoms with E-state index < -0.39 is 6.10 Å². The number of ether oxygens (including phenoxy) is 2. The number of hydrogen-bond donors (Lipinski definition) is 1. The number of para-hydroxylation sites is 2. The molecule has 2 atom stereocenters. The topological polar surface area (TPSA) is 71.1 Å². The summed E-state index contributed by atoms with van der Waals surface area (Å²) in [5.74, 6) is 1.17. The van der Waals surface area contributed by atoms with Gasteiger partial charge in [-0.1, -0.05) is 48.5 Å². The van der Waals surface area contributed by atoms with E-state index in [2.05, 4.69) is 10.2 Å².